The van der Waals surface area contributed by atoms with Gasteiger partial charge in [-0.3, -0.25) is 0 Å². The molecule has 0 fully saturated rings. The fourth-order valence-corrected chi connectivity index (χ4v) is 1.39. The van der Waals surface area contributed by atoms with Crippen LogP contribution >= 0.6 is 0 Å². The summed E-state index contributed by atoms with van der Waals surface area (Å²) in [7, 11) is 2.22. The standard InChI is InChI=1S/C11H26N2/c1-4-6-7-10-13(3)11-8-9-12-5-2/h12H,4-11H2,1-3H3. The molecule has 0 saturated carbocycles. The highest BCUT2D eigenvalue weighted by atomic mass is 15.1. The Kier molecular flexibility index (Phi) is 9.94. The summed E-state index contributed by atoms with van der Waals surface area (Å²) < 4.78 is 0. The summed E-state index contributed by atoms with van der Waals surface area (Å²) in [6, 6.07) is 0. The van der Waals surface area contributed by atoms with Crippen LogP contribution in [0.25, 0.3) is 0 Å². The van der Waals surface area contributed by atoms with E-state index in [1.807, 2.05) is 0 Å². The molecule has 0 atom stereocenters. The van der Waals surface area contributed by atoms with E-state index < -0.39 is 0 Å². The third kappa shape index (κ3) is 9.84. The lowest BCUT2D eigenvalue weighted by atomic mass is 10.2. The summed E-state index contributed by atoms with van der Waals surface area (Å²) in [6.07, 6.45) is 5.33. The second-order valence-electron chi connectivity index (χ2n) is 3.72. The van der Waals surface area contributed by atoms with Gasteiger partial charge in [-0.25, -0.2) is 0 Å². The van der Waals surface area contributed by atoms with Crippen molar-refractivity contribution in [3.05, 3.63) is 0 Å². The van der Waals surface area contributed by atoms with Crippen molar-refractivity contribution in [2.45, 2.75) is 39.5 Å². The molecule has 2 nitrogen and oxygen atoms in total. The molecule has 0 bridgehead atoms. The Bertz CT molecular complexity index is 94.1. The summed E-state index contributed by atoms with van der Waals surface area (Å²) in [5, 5.41) is 3.34. The smallest absolute Gasteiger partial charge is 0.000969 e. The van der Waals surface area contributed by atoms with Gasteiger partial charge in [0.2, 0.25) is 0 Å². The number of rotatable bonds is 9. The zero-order valence-electron chi connectivity index (χ0n) is 9.60. The molecule has 13 heavy (non-hydrogen) atoms. The number of hydrogen-bond donors (Lipinski definition) is 1. The topological polar surface area (TPSA) is 15.3 Å². The minimum absolute atomic E-state index is 1.10. The van der Waals surface area contributed by atoms with Gasteiger partial charge in [0.25, 0.3) is 0 Å². The lowest BCUT2D eigenvalue weighted by Crippen LogP contribution is -2.24. The highest BCUT2D eigenvalue weighted by Gasteiger charge is 1.96. The van der Waals surface area contributed by atoms with Crippen molar-refractivity contribution in [1.82, 2.24) is 10.2 Å². The maximum Gasteiger partial charge on any atom is -0.000969 e. The van der Waals surface area contributed by atoms with Crippen LogP contribution in [0.1, 0.15) is 39.5 Å². The van der Waals surface area contributed by atoms with Crippen LogP contribution in [0.5, 0.6) is 0 Å². The van der Waals surface area contributed by atoms with Crippen molar-refractivity contribution < 1.29 is 0 Å². The quantitative estimate of drug-likeness (QED) is 0.555. The van der Waals surface area contributed by atoms with E-state index in [1.165, 1.54) is 38.8 Å². The van der Waals surface area contributed by atoms with Crippen molar-refractivity contribution in [3.63, 3.8) is 0 Å². The molecule has 0 aliphatic rings. The molecule has 0 radical (unpaired) electrons. The molecule has 0 aromatic carbocycles. The molecule has 1 N–H and O–H groups in total. The summed E-state index contributed by atoms with van der Waals surface area (Å²) in [4.78, 5) is 2.44. The Labute approximate surface area is 83.7 Å². The van der Waals surface area contributed by atoms with E-state index in [9.17, 15) is 0 Å². The first-order chi connectivity index (χ1) is 6.31. The summed E-state index contributed by atoms with van der Waals surface area (Å²) in [6.45, 7) is 9.17. The van der Waals surface area contributed by atoms with E-state index in [0.717, 1.165) is 13.1 Å². The fourth-order valence-electron chi connectivity index (χ4n) is 1.39. The van der Waals surface area contributed by atoms with E-state index >= 15 is 0 Å². The van der Waals surface area contributed by atoms with Crippen LogP contribution in [0.2, 0.25) is 0 Å². The van der Waals surface area contributed by atoms with Gasteiger partial charge in [-0.1, -0.05) is 26.7 Å². The molecule has 0 spiro atoms. The van der Waals surface area contributed by atoms with E-state index in [4.69, 9.17) is 0 Å². The molecule has 80 valence electrons. The van der Waals surface area contributed by atoms with Crippen molar-refractivity contribution in [2.24, 2.45) is 0 Å². The van der Waals surface area contributed by atoms with Gasteiger partial charge in [-0.2, -0.15) is 0 Å². The minimum atomic E-state index is 1.10. The van der Waals surface area contributed by atoms with Crippen LogP contribution in [0.4, 0.5) is 0 Å². The van der Waals surface area contributed by atoms with Gasteiger partial charge in [-0.05, 0) is 46.1 Å². The first-order valence-electron chi connectivity index (χ1n) is 5.70. The Morgan fingerprint density at radius 1 is 1.00 bits per heavy atom. The van der Waals surface area contributed by atoms with Crippen LogP contribution in [0, 0.1) is 0 Å². The third-order valence-corrected chi connectivity index (χ3v) is 2.29. The maximum absolute atomic E-state index is 3.34. The van der Waals surface area contributed by atoms with Crippen molar-refractivity contribution in [1.29, 1.82) is 0 Å². The molecule has 0 unspecified atom stereocenters. The maximum atomic E-state index is 3.34. The molecule has 0 aromatic heterocycles. The number of nitrogens with zero attached hydrogens (tertiary/aromatic N) is 1. The lowest BCUT2D eigenvalue weighted by Gasteiger charge is -2.15. The van der Waals surface area contributed by atoms with Crippen LogP contribution in [0.15, 0.2) is 0 Å². The zero-order chi connectivity index (χ0) is 9.94. The second kappa shape index (κ2) is 10.0. The van der Waals surface area contributed by atoms with Gasteiger partial charge in [0.15, 0.2) is 0 Å². The molecule has 0 aliphatic carbocycles. The predicted molar refractivity (Wildman–Crippen MR) is 60.2 cm³/mol. The van der Waals surface area contributed by atoms with Crippen LogP contribution < -0.4 is 5.32 Å². The Balaban J connectivity index is 3.05. The van der Waals surface area contributed by atoms with Gasteiger partial charge in [0.05, 0.1) is 0 Å². The molecular formula is C11H26N2. The van der Waals surface area contributed by atoms with Gasteiger partial charge >= 0.3 is 0 Å². The number of unbranched alkanes of at least 4 members (excludes halogenated alkanes) is 2. The molecule has 0 heterocycles. The average Bonchev–Trinajstić information content (AvgIpc) is 2.13. The zero-order valence-corrected chi connectivity index (χ0v) is 9.60. The van der Waals surface area contributed by atoms with Gasteiger partial charge in [0, 0.05) is 0 Å². The minimum Gasteiger partial charge on any atom is -0.317 e. The van der Waals surface area contributed by atoms with Crippen molar-refractivity contribution >= 4 is 0 Å². The Morgan fingerprint density at radius 3 is 2.31 bits per heavy atom. The van der Waals surface area contributed by atoms with E-state index in [1.54, 1.807) is 0 Å². The van der Waals surface area contributed by atoms with Crippen molar-refractivity contribution in [3.8, 4) is 0 Å². The van der Waals surface area contributed by atoms with Crippen molar-refractivity contribution in [2.75, 3.05) is 33.2 Å². The normalized spacial score (nSPS) is 11.1. The predicted octanol–water partition coefficient (Wildman–Crippen LogP) is 2.11. The van der Waals surface area contributed by atoms with E-state index in [2.05, 4.69) is 31.1 Å². The Hall–Kier alpha value is -0.0800. The summed E-state index contributed by atoms with van der Waals surface area (Å²) in [5.74, 6) is 0. The molecule has 0 aromatic rings. The molecular weight excluding hydrogens is 160 g/mol. The first-order valence-corrected chi connectivity index (χ1v) is 5.70. The second-order valence-corrected chi connectivity index (χ2v) is 3.72. The molecule has 0 amide bonds. The molecule has 0 saturated heterocycles. The largest absolute Gasteiger partial charge is 0.317 e. The highest BCUT2D eigenvalue weighted by molar-refractivity contribution is 4.53. The lowest BCUT2D eigenvalue weighted by molar-refractivity contribution is 0.319. The fraction of sp³-hybridized carbons (Fsp3) is 1.00. The van der Waals surface area contributed by atoms with Crippen LogP contribution in [-0.4, -0.2) is 38.1 Å². The van der Waals surface area contributed by atoms with Gasteiger partial charge < -0.3 is 10.2 Å². The van der Waals surface area contributed by atoms with Gasteiger partial charge in [-0.15, -0.1) is 0 Å². The van der Waals surface area contributed by atoms with Crippen LogP contribution in [0.3, 0.4) is 0 Å². The number of hydrogen-bond acceptors (Lipinski definition) is 2. The highest BCUT2D eigenvalue weighted by Crippen LogP contribution is 1.96. The first kappa shape index (κ1) is 12.9. The average molecular weight is 186 g/mol. The molecule has 0 rings (SSSR count). The Morgan fingerprint density at radius 2 is 1.69 bits per heavy atom. The SMILES string of the molecule is CCCCCN(C)CCCNCC. The van der Waals surface area contributed by atoms with E-state index in [-0.39, 0.29) is 0 Å². The van der Waals surface area contributed by atoms with Gasteiger partial charge in [0.1, 0.15) is 0 Å². The van der Waals surface area contributed by atoms with Crippen LogP contribution in [-0.2, 0) is 0 Å². The van der Waals surface area contributed by atoms with E-state index in [0.29, 0.717) is 0 Å². The monoisotopic (exact) mass is 186 g/mol. The third-order valence-electron chi connectivity index (χ3n) is 2.29. The summed E-state index contributed by atoms with van der Waals surface area (Å²) >= 11 is 0. The number of nitrogens with one attached hydrogen (secondary N) is 1. The molecule has 0 aliphatic heterocycles. The molecule has 2 heteroatoms. The summed E-state index contributed by atoms with van der Waals surface area (Å²) in [5.41, 5.74) is 0.